The van der Waals surface area contributed by atoms with E-state index in [0.717, 1.165) is 5.56 Å². The van der Waals surface area contributed by atoms with Gasteiger partial charge in [0.15, 0.2) is 0 Å². The number of hydrogen-bond acceptors (Lipinski definition) is 2. The predicted molar refractivity (Wildman–Crippen MR) is 113 cm³/mol. The Morgan fingerprint density at radius 2 is 1.24 bits per heavy atom. The van der Waals surface area contributed by atoms with Crippen LogP contribution in [0.2, 0.25) is 25.1 Å². The minimum Gasteiger partial charge on any atom is -0.320 e. The zero-order valence-electron chi connectivity index (χ0n) is 14.3. The number of fused-ring (bicyclic) bond motifs is 1. The molecule has 0 unspecified atom stereocenters. The van der Waals surface area contributed by atoms with E-state index < -0.39 is 17.6 Å². The lowest BCUT2D eigenvalue weighted by molar-refractivity contribution is -0.117. The van der Waals surface area contributed by atoms with Gasteiger partial charge in [0.2, 0.25) is 0 Å². The summed E-state index contributed by atoms with van der Waals surface area (Å²) < 4.78 is 14.4. The van der Waals surface area contributed by atoms with Crippen molar-refractivity contribution >= 4 is 81.2 Å². The monoisotopic (exact) mass is 490 g/mol. The van der Waals surface area contributed by atoms with Crippen LogP contribution in [-0.4, -0.2) is 11.8 Å². The third-order valence-corrected chi connectivity index (χ3v) is 6.81. The molecule has 0 saturated heterocycles. The van der Waals surface area contributed by atoms with Gasteiger partial charge < -0.3 is 10.6 Å². The molecule has 2 aliphatic heterocycles. The van der Waals surface area contributed by atoms with E-state index >= 15 is 0 Å². The minimum absolute atomic E-state index is 0.0148. The molecule has 0 saturated carbocycles. The highest BCUT2D eigenvalue weighted by atomic mass is 35.5. The molecule has 0 fully saturated rings. The highest BCUT2D eigenvalue weighted by Crippen LogP contribution is 2.49. The zero-order valence-corrected chi connectivity index (χ0v) is 18.1. The molecule has 148 valence electrons. The average molecular weight is 493 g/mol. The van der Waals surface area contributed by atoms with Gasteiger partial charge in [-0.15, -0.1) is 0 Å². The fourth-order valence-electron chi connectivity index (χ4n) is 3.23. The van der Waals surface area contributed by atoms with Crippen molar-refractivity contribution in [2.45, 2.75) is 6.92 Å². The Labute approximate surface area is 189 Å². The molecule has 4 rings (SSSR count). The Bertz CT molecular complexity index is 1190. The van der Waals surface area contributed by atoms with Crippen LogP contribution < -0.4 is 10.6 Å². The first-order chi connectivity index (χ1) is 13.6. The number of aryl methyl sites for hydroxylation is 1. The second-order valence-corrected chi connectivity index (χ2v) is 8.23. The normalized spacial score (nSPS) is 15.8. The summed E-state index contributed by atoms with van der Waals surface area (Å²) in [5.74, 6) is -1.84. The van der Waals surface area contributed by atoms with Crippen LogP contribution in [0.4, 0.5) is 4.39 Å². The average Bonchev–Trinajstić information content (AvgIpc) is 3.19. The van der Waals surface area contributed by atoms with Crippen LogP contribution in [0, 0.1) is 12.7 Å². The van der Waals surface area contributed by atoms with Crippen molar-refractivity contribution in [3.05, 3.63) is 77.0 Å². The van der Waals surface area contributed by atoms with Gasteiger partial charge in [0, 0.05) is 11.1 Å². The second-order valence-electron chi connectivity index (χ2n) is 6.34. The van der Waals surface area contributed by atoms with E-state index in [-0.39, 0.29) is 58.8 Å². The molecule has 0 spiro atoms. The molecule has 2 aromatic carbocycles. The molecule has 0 radical (unpaired) electrons. The van der Waals surface area contributed by atoms with Gasteiger partial charge in [0.25, 0.3) is 11.8 Å². The van der Waals surface area contributed by atoms with Gasteiger partial charge in [0.05, 0.1) is 47.7 Å². The lowest BCUT2D eigenvalue weighted by atomic mass is 10.0. The van der Waals surface area contributed by atoms with Crippen molar-refractivity contribution in [3.8, 4) is 0 Å². The topological polar surface area (TPSA) is 58.2 Å². The minimum atomic E-state index is -0.626. The highest BCUT2D eigenvalue weighted by Gasteiger charge is 2.43. The molecule has 0 aliphatic carbocycles. The van der Waals surface area contributed by atoms with E-state index in [0.29, 0.717) is 0 Å². The summed E-state index contributed by atoms with van der Waals surface area (Å²) in [5.41, 5.74) is 0.893. The molecule has 2 aliphatic rings. The van der Waals surface area contributed by atoms with Crippen molar-refractivity contribution in [2.24, 2.45) is 0 Å². The van der Waals surface area contributed by atoms with Gasteiger partial charge in [-0.25, -0.2) is 4.39 Å². The summed E-state index contributed by atoms with van der Waals surface area (Å²) >= 11 is 30.8. The third kappa shape index (κ3) is 3.04. The number of rotatable bonds is 2. The molecule has 0 aromatic heterocycles. The summed E-state index contributed by atoms with van der Waals surface area (Å²) in [7, 11) is 0. The Morgan fingerprint density at radius 1 is 0.759 bits per heavy atom. The van der Waals surface area contributed by atoms with Crippen molar-refractivity contribution < 1.29 is 14.0 Å². The summed E-state index contributed by atoms with van der Waals surface area (Å²) in [6, 6.07) is 4.36. The maximum Gasteiger partial charge on any atom is 0.258 e. The molecule has 2 N–H and O–H groups in total. The largest absolute Gasteiger partial charge is 0.320 e. The zero-order chi connectivity index (χ0) is 21.2. The Kier molecular flexibility index (Phi) is 5.08. The van der Waals surface area contributed by atoms with E-state index in [4.69, 9.17) is 58.0 Å². The molecule has 10 heteroatoms. The summed E-state index contributed by atoms with van der Waals surface area (Å²) in [4.78, 5) is 25.4. The van der Waals surface area contributed by atoms with Crippen molar-refractivity contribution in [3.63, 3.8) is 0 Å². The first kappa shape index (κ1) is 20.5. The third-order valence-electron chi connectivity index (χ3n) is 4.53. The Hall–Kier alpha value is -1.76. The lowest BCUT2D eigenvalue weighted by Gasteiger charge is -2.14. The van der Waals surface area contributed by atoms with E-state index in [1.165, 1.54) is 12.1 Å². The van der Waals surface area contributed by atoms with E-state index in [1.807, 2.05) is 0 Å². The SMILES string of the molecule is Cc1ccc(F)c(C2=C3C(=O)NC(c4c(Cl)c(Cl)c(Cl)c(Cl)c4Cl)=C3C(=O)N2)c1. The number of halogens is 6. The van der Waals surface area contributed by atoms with Crippen LogP contribution in [-0.2, 0) is 9.59 Å². The van der Waals surface area contributed by atoms with Gasteiger partial charge in [-0.2, -0.15) is 0 Å². The molecular formula is C19H8Cl5FN2O2. The van der Waals surface area contributed by atoms with E-state index in [9.17, 15) is 14.0 Å². The first-order valence-electron chi connectivity index (χ1n) is 8.03. The molecule has 4 nitrogen and oxygen atoms in total. The van der Waals surface area contributed by atoms with Crippen molar-refractivity contribution in [1.29, 1.82) is 0 Å². The fraction of sp³-hybridized carbons (Fsp3) is 0.0526. The summed E-state index contributed by atoms with van der Waals surface area (Å²) in [6.07, 6.45) is 0. The molecule has 2 aromatic rings. The van der Waals surface area contributed by atoms with Gasteiger partial charge in [-0.05, 0) is 19.1 Å². The molecule has 2 heterocycles. The molecule has 29 heavy (non-hydrogen) atoms. The van der Waals surface area contributed by atoms with Crippen molar-refractivity contribution in [2.75, 3.05) is 0 Å². The van der Waals surface area contributed by atoms with Crippen LogP contribution in [0.25, 0.3) is 11.4 Å². The van der Waals surface area contributed by atoms with Gasteiger partial charge in [-0.3, -0.25) is 9.59 Å². The van der Waals surface area contributed by atoms with Crippen LogP contribution in [0.15, 0.2) is 29.3 Å². The Morgan fingerprint density at radius 3 is 1.83 bits per heavy atom. The molecule has 2 amide bonds. The summed E-state index contributed by atoms with van der Waals surface area (Å²) in [6.45, 7) is 1.76. The maximum absolute atomic E-state index is 14.4. The number of benzene rings is 2. The van der Waals surface area contributed by atoms with Gasteiger partial charge >= 0.3 is 0 Å². The van der Waals surface area contributed by atoms with Crippen LogP contribution in [0.3, 0.4) is 0 Å². The second kappa shape index (κ2) is 7.18. The molecular weight excluding hydrogens is 484 g/mol. The number of hydrogen-bond donors (Lipinski definition) is 2. The van der Waals surface area contributed by atoms with Crippen LogP contribution in [0.1, 0.15) is 16.7 Å². The van der Waals surface area contributed by atoms with Crippen molar-refractivity contribution in [1.82, 2.24) is 10.6 Å². The predicted octanol–water partition coefficient (Wildman–Crippen LogP) is 5.78. The Balaban J connectivity index is 2.03. The number of nitrogens with one attached hydrogen (secondary N) is 2. The van der Waals surface area contributed by atoms with Gasteiger partial charge in [-0.1, -0.05) is 69.6 Å². The first-order valence-corrected chi connectivity index (χ1v) is 9.92. The maximum atomic E-state index is 14.4. The smallest absolute Gasteiger partial charge is 0.258 e. The number of carbonyl (C=O) groups excluding carboxylic acids is 2. The number of amides is 2. The van der Waals surface area contributed by atoms with Crippen LogP contribution in [0.5, 0.6) is 0 Å². The van der Waals surface area contributed by atoms with E-state index in [2.05, 4.69) is 10.6 Å². The number of carbonyl (C=O) groups is 2. The molecule has 0 atom stereocenters. The quantitative estimate of drug-likeness (QED) is 0.412. The molecule has 0 bridgehead atoms. The lowest BCUT2D eigenvalue weighted by Crippen LogP contribution is -2.22. The fourth-order valence-corrected chi connectivity index (χ4v) is 4.55. The summed E-state index contributed by atoms with van der Waals surface area (Å²) in [5, 5.41) is 4.72. The van der Waals surface area contributed by atoms with E-state index in [1.54, 1.807) is 13.0 Å². The standard InChI is InChI=1S/C19H8Cl5FN2O2/c1-5-2-3-7(25)6(4-5)16-8-9(19(29)26-16)17(27-18(8)28)10-11(20)13(22)15(24)14(23)12(10)21/h2-4H,1H3,(H,26,29)(H,27,28). The highest BCUT2D eigenvalue weighted by molar-refractivity contribution is 6.56. The van der Waals surface area contributed by atoms with Crippen LogP contribution >= 0.6 is 58.0 Å². The van der Waals surface area contributed by atoms with Gasteiger partial charge in [0.1, 0.15) is 5.82 Å².